The van der Waals surface area contributed by atoms with Crippen LogP contribution in [-0.4, -0.2) is 16.9 Å². The van der Waals surface area contributed by atoms with Gasteiger partial charge >= 0.3 is 0 Å². The summed E-state index contributed by atoms with van der Waals surface area (Å²) in [6.07, 6.45) is 0.972. The minimum atomic E-state index is -0.107. The van der Waals surface area contributed by atoms with Crippen LogP contribution in [0.25, 0.3) is 0 Å². The summed E-state index contributed by atoms with van der Waals surface area (Å²) in [6.45, 7) is 6.67. The van der Waals surface area contributed by atoms with Crippen molar-refractivity contribution in [3.63, 3.8) is 0 Å². The highest BCUT2D eigenvalue weighted by Gasteiger charge is 2.13. The zero-order chi connectivity index (χ0) is 12.1. The number of hydrogen-bond donors (Lipinski definition) is 2. The van der Waals surface area contributed by atoms with Crippen molar-refractivity contribution in [2.24, 2.45) is 11.7 Å². The second-order valence-corrected chi connectivity index (χ2v) is 5.28. The number of aromatic nitrogens is 1. The topological polar surface area (TPSA) is 68.0 Å². The smallest absolute Gasteiger partial charge is 0.270 e. The summed E-state index contributed by atoms with van der Waals surface area (Å²) in [4.78, 5) is 15.9. The van der Waals surface area contributed by atoms with Crippen LogP contribution in [0.15, 0.2) is 5.38 Å². The number of nitrogens with zero attached hydrogens (tertiary/aromatic N) is 1. The standard InChI is InChI=1S/C11H19N3OS/c1-7(2)4-8(3)13-11(15)9-6-16-10(5-12)14-9/h6-8H,4-5,12H2,1-3H3,(H,13,15). The second-order valence-electron chi connectivity index (χ2n) is 4.33. The Hall–Kier alpha value is -0.940. The van der Waals surface area contributed by atoms with Crippen molar-refractivity contribution in [2.75, 3.05) is 0 Å². The van der Waals surface area contributed by atoms with Crippen molar-refractivity contribution in [1.29, 1.82) is 0 Å². The fraction of sp³-hybridized carbons (Fsp3) is 0.636. The van der Waals surface area contributed by atoms with Gasteiger partial charge in [0.05, 0.1) is 0 Å². The largest absolute Gasteiger partial charge is 0.348 e. The molecule has 1 heterocycles. The number of hydrogen-bond acceptors (Lipinski definition) is 4. The van der Waals surface area contributed by atoms with Crippen LogP contribution in [-0.2, 0) is 6.54 Å². The Morgan fingerprint density at radius 3 is 2.75 bits per heavy atom. The molecule has 0 saturated carbocycles. The van der Waals surface area contributed by atoms with Crippen molar-refractivity contribution in [1.82, 2.24) is 10.3 Å². The molecule has 16 heavy (non-hydrogen) atoms. The lowest BCUT2D eigenvalue weighted by molar-refractivity contribution is 0.0931. The fourth-order valence-corrected chi connectivity index (χ4v) is 2.23. The quantitative estimate of drug-likeness (QED) is 0.825. The highest BCUT2D eigenvalue weighted by molar-refractivity contribution is 7.09. The molecule has 0 aliphatic carbocycles. The van der Waals surface area contributed by atoms with Crippen LogP contribution in [0.2, 0.25) is 0 Å². The van der Waals surface area contributed by atoms with Crippen LogP contribution < -0.4 is 11.1 Å². The monoisotopic (exact) mass is 241 g/mol. The predicted octanol–water partition coefficient (Wildman–Crippen LogP) is 1.77. The van der Waals surface area contributed by atoms with E-state index in [1.165, 1.54) is 11.3 Å². The molecule has 0 saturated heterocycles. The van der Waals surface area contributed by atoms with Crippen molar-refractivity contribution >= 4 is 17.2 Å². The van der Waals surface area contributed by atoms with Crippen LogP contribution in [0.5, 0.6) is 0 Å². The number of nitrogens with two attached hydrogens (primary N) is 1. The third kappa shape index (κ3) is 3.90. The zero-order valence-electron chi connectivity index (χ0n) is 9.99. The molecule has 0 aromatic carbocycles. The van der Waals surface area contributed by atoms with Crippen molar-refractivity contribution in [3.05, 3.63) is 16.1 Å². The molecule has 0 radical (unpaired) electrons. The molecule has 1 aromatic rings. The van der Waals surface area contributed by atoms with Crippen LogP contribution in [0.4, 0.5) is 0 Å². The lowest BCUT2D eigenvalue weighted by atomic mass is 10.1. The molecule has 3 N–H and O–H groups in total. The first kappa shape index (κ1) is 13.1. The van der Waals surface area contributed by atoms with E-state index >= 15 is 0 Å². The number of nitrogens with one attached hydrogen (secondary N) is 1. The third-order valence-corrected chi connectivity index (χ3v) is 3.03. The Morgan fingerprint density at radius 1 is 1.56 bits per heavy atom. The highest BCUT2D eigenvalue weighted by Crippen LogP contribution is 2.10. The van der Waals surface area contributed by atoms with E-state index in [-0.39, 0.29) is 11.9 Å². The van der Waals surface area contributed by atoms with E-state index in [1.807, 2.05) is 6.92 Å². The Bertz CT molecular complexity index is 349. The van der Waals surface area contributed by atoms with Gasteiger partial charge < -0.3 is 11.1 Å². The SMILES string of the molecule is CC(C)CC(C)NC(=O)c1csc(CN)n1. The molecule has 5 heteroatoms. The maximum atomic E-state index is 11.8. The number of amides is 1. The van der Waals surface area contributed by atoms with Gasteiger partial charge in [0.1, 0.15) is 10.7 Å². The van der Waals surface area contributed by atoms with Gasteiger partial charge in [0.25, 0.3) is 5.91 Å². The molecule has 0 aliphatic rings. The fourth-order valence-electron chi connectivity index (χ4n) is 1.57. The summed E-state index contributed by atoms with van der Waals surface area (Å²) in [7, 11) is 0. The van der Waals surface area contributed by atoms with E-state index < -0.39 is 0 Å². The summed E-state index contributed by atoms with van der Waals surface area (Å²) in [5, 5.41) is 5.47. The average Bonchev–Trinajstić information content (AvgIpc) is 2.64. The van der Waals surface area contributed by atoms with Crippen LogP contribution in [0, 0.1) is 5.92 Å². The van der Waals surface area contributed by atoms with Crippen LogP contribution >= 0.6 is 11.3 Å². The molecule has 1 amide bonds. The third-order valence-electron chi connectivity index (χ3n) is 2.16. The van der Waals surface area contributed by atoms with E-state index in [1.54, 1.807) is 5.38 Å². The van der Waals surface area contributed by atoms with Crippen molar-refractivity contribution < 1.29 is 4.79 Å². The first-order chi connectivity index (χ1) is 7.52. The molecule has 0 aliphatic heterocycles. The molecular weight excluding hydrogens is 222 g/mol. The van der Waals surface area contributed by atoms with Crippen LogP contribution in [0.1, 0.15) is 42.7 Å². The average molecular weight is 241 g/mol. The van der Waals surface area contributed by atoms with Gasteiger partial charge in [-0.2, -0.15) is 0 Å². The molecule has 1 aromatic heterocycles. The molecule has 4 nitrogen and oxygen atoms in total. The van der Waals surface area contributed by atoms with Gasteiger partial charge in [-0.3, -0.25) is 4.79 Å². The minimum Gasteiger partial charge on any atom is -0.348 e. The normalized spacial score (nSPS) is 12.8. The molecular formula is C11H19N3OS. The number of rotatable bonds is 5. The van der Waals surface area contributed by atoms with E-state index in [0.717, 1.165) is 11.4 Å². The molecule has 1 rings (SSSR count). The van der Waals surface area contributed by atoms with Gasteiger partial charge in [-0.15, -0.1) is 11.3 Å². The Labute approximate surface area is 100 Å². The predicted molar refractivity (Wildman–Crippen MR) is 66.4 cm³/mol. The van der Waals surface area contributed by atoms with Crippen LogP contribution in [0.3, 0.4) is 0 Å². The molecule has 1 unspecified atom stereocenters. The molecule has 0 fully saturated rings. The Kier molecular flexibility index (Phi) is 4.89. The van der Waals surface area contributed by atoms with Crippen molar-refractivity contribution in [2.45, 2.75) is 39.8 Å². The Morgan fingerprint density at radius 2 is 2.25 bits per heavy atom. The number of carbonyl (C=O) groups excluding carboxylic acids is 1. The van der Waals surface area contributed by atoms with Gasteiger partial charge in [-0.25, -0.2) is 4.98 Å². The minimum absolute atomic E-state index is 0.107. The number of carbonyl (C=O) groups is 1. The molecule has 0 spiro atoms. The first-order valence-corrected chi connectivity index (χ1v) is 6.36. The molecule has 1 atom stereocenters. The van der Waals surface area contributed by atoms with E-state index in [4.69, 9.17) is 5.73 Å². The molecule has 0 bridgehead atoms. The van der Waals surface area contributed by atoms with E-state index in [0.29, 0.717) is 18.2 Å². The Balaban J connectivity index is 2.51. The zero-order valence-corrected chi connectivity index (χ0v) is 10.8. The highest BCUT2D eigenvalue weighted by atomic mass is 32.1. The van der Waals surface area contributed by atoms with Gasteiger partial charge in [0.2, 0.25) is 0 Å². The van der Waals surface area contributed by atoms with Gasteiger partial charge in [-0.1, -0.05) is 13.8 Å². The first-order valence-electron chi connectivity index (χ1n) is 5.48. The van der Waals surface area contributed by atoms with Gasteiger partial charge in [0.15, 0.2) is 0 Å². The molecule has 90 valence electrons. The van der Waals surface area contributed by atoms with E-state index in [2.05, 4.69) is 24.1 Å². The summed E-state index contributed by atoms with van der Waals surface area (Å²) in [6, 6.07) is 0.176. The second kappa shape index (κ2) is 5.96. The summed E-state index contributed by atoms with van der Waals surface area (Å²) in [5.41, 5.74) is 5.92. The lowest BCUT2D eigenvalue weighted by Crippen LogP contribution is -2.33. The maximum absolute atomic E-state index is 11.8. The maximum Gasteiger partial charge on any atom is 0.270 e. The van der Waals surface area contributed by atoms with Gasteiger partial charge in [-0.05, 0) is 19.3 Å². The lowest BCUT2D eigenvalue weighted by Gasteiger charge is -2.14. The van der Waals surface area contributed by atoms with Crippen molar-refractivity contribution in [3.8, 4) is 0 Å². The summed E-state index contributed by atoms with van der Waals surface area (Å²) >= 11 is 1.42. The summed E-state index contributed by atoms with van der Waals surface area (Å²) < 4.78 is 0. The van der Waals surface area contributed by atoms with E-state index in [9.17, 15) is 4.79 Å². The van der Waals surface area contributed by atoms with Gasteiger partial charge in [0, 0.05) is 18.0 Å². The summed E-state index contributed by atoms with van der Waals surface area (Å²) in [5.74, 6) is 0.467. The number of thiazole rings is 1.